The number of fused-ring (bicyclic) bond motifs is 1. The summed E-state index contributed by atoms with van der Waals surface area (Å²) in [5.41, 5.74) is 7.51. The fourth-order valence-electron chi connectivity index (χ4n) is 3.62. The van der Waals surface area contributed by atoms with Gasteiger partial charge in [-0.15, -0.1) is 0 Å². The molecule has 3 aromatic heterocycles. The van der Waals surface area contributed by atoms with E-state index in [1.54, 1.807) is 18.7 Å². The number of hydrogen-bond acceptors (Lipinski definition) is 6. The third-order valence-corrected chi connectivity index (χ3v) is 5.23. The van der Waals surface area contributed by atoms with Crippen LogP contribution in [0.25, 0.3) is 22.3 Å². The number of aromatic amines is 1. The van der Waals surface area contributed by atoms with Crippen LogP contribution in [0.1, 0.15) is 16.7 Å². The van der Waals surface area contributed by atoms with Crippen LogP contribution in [-0.2, 0) is 0 Å². The molecule has 0 spiro atoms. The van der Waals surface area contributed by atoms with Gasteiger partial charge < -0.3 is 15.0 Å². The van der Waals surface area contributed by atoms with Crippen LogP contribution in [0, 0.1) is 20.8 Å². The number of H-pyrrole nitrogens is 1. The molecular weight excluding hydrogens is 400 g/mol. The number of rotatable bonds is 5. The molecule has 5 aromatic rings. The van der Waals surface area contributed by atoms with Gasteiger partial charge in [-0.25, -0.2) is 4.98 Å². The van der Waals surface area contributed by atoms with Gasteiger partial charge in [0, 0.05) is 18.1 Å². The molecule has 0 amide bonds. The average Bonchev–Trinajstić information content (AvgIpc) is 3.27. The molecule has 0 aliphatic carbocycles. The number of aromatic nitrogens is 5. The minimum Gasteiger partial charge on any atom is -0.436 e. The van der Waals surface area contributed by atoms with E-state index in [1.807, 2.05) is 57.2 Å². The molecule has 158 valence electrons. The Morgan fingerprint density at radius 1 is 0.844 bits per heavy atom. The summed E-state index contributed by atoms with van der Waals surface area (Å²) in [7, 11) is 0. The summed E-state index contributed by atoms with van der Waals surface area (Å²) in [6.45, 7) is 6.11. The maximum atomic E-state index is 6.33. The highest BCUT2D eigenvalue weighted by Gasteiger charge is 2.16. The van der Waals surface area contributed by atoms with Gasteiger partial charge >= 0.3 is 0 Å². The molecule has 3 heterocycles. The Hall–Kier alpha value is -4.26. The lowest BCUT2D eigenvalue weighted by Crippen LogP contribution is -2.01. The Balaban J connectivity index is 1.51. The lowest BCUT2D eigenvalue weighted by Gasteiger charge is -2.14. The van der Waals surface area contributed by atoms with Gasteiger partial charge in [-0.2, -0.15) is 9.97 Å². The molecule has 0 aliphatic heterocycles. The summed E-state index contributed by atoms with van der Waals surface area (Å²) in [5.74, 6) is 1.61. The van der Waals surface area contributed by atoms with Crippen molar-refractivity contribution in [3.8, 4) is 22.8 Å². The van der Waals surface area contributed by atoms with E-state index >= 15 is 0 Å². The van der Waals surface area contributed by atoms with E-state index in [9.17, 15) is 0 Å². The molecule has 2 N–H and O–H groups in total. The minimum absolute atomic E-state index is 0.421. The van der Waals surface area contributed by atoms with Crippen molar-refractivity contribution >= 4 is 22.8 Å². The molecule has 7 nitrogen and oxygen atoms in total. The van der Waals surface area contributed by atoms with E-state index in [-0.39, 0.29) is 0 Å². The SMILES string of the molecule is Cc1ccc(Nc2nc(Oc3c(C)cc(-c4ccncc4)cc3C)c3[nH]cnc3n2)cc1. The number of nitrogens with zero attached hydrogens (tertiary/aromatic N) is 4. The van der Waals surface area contributed by atoms with Crippen molar-refractivity contribution in [2.75, 3.05) is 5.32 Å². The Labute approximate surface area is 185 Å². The normalized spacial score (nSPS) is 11.0. The summed E-state index contributed by atoms with van der Waals surface area (Å²) in [6, 6.07) is 16.2. The summed E-state index contributed by atoms with van der Waals surface area (Å²) in [6.07, 6.45) is 5.18. The molecule has 7 heteroatoms. The van der Waals surface area contributed by atoms with Crippen LogP contribution < -0.4 is 10.1 Å². The van der Waals surface area contributed by atoms with Gasteiger partial charge in [-0.05, 0) is 79.4 Å². The highest BCUT2D eigenvalue weighted by atomic mass is 16.5. The van der Waals surface area contributed by atoms with Gasteiger partial charge in [0.15, 0.2) is 5.65 Å². The summed E-state index contributed by atoms with van der Waals surface area (Å²) >= 11 is 0. The van der Waals surface area contributed by atoms with Crippen molar-refractivity contribution in [1.82, 2.24) is 24.9 Å². The van der Waals surface area contributed by atoms with E-state index in [4.69, 9.17) is 4.74 Å². The Morgan fingerprint density at radius 2 is 1.56 bits per heavy atom. The number of aryl methyl sites for hydroxylation is 3. The van der Waals surface area contributed by atoms with Crippen molar-refractivity contribution in [3.63, 3.8) is 0 Å². The summed E-state index contributed by atoms with van der Waals surface area (Å²) in [5, 5.41) is 3.24. The van der Waals surface area contributed by atoms with Crippen molar-refractivity contribution in [2.45, 2.75) is 20.8 Å². The maximum Gasteiger partial charge on any atom is 0.250 e. The standard InChI is InChI=1S/C25H22N6O/c1-15-4-6-20(7-5-15)29-25-30-23-21(27-14-28-23)24(31-25)32-22-16(2)12-19(13-17(22)3)18-8-10-26-11-9-18/h4-14H,1-3H3,(H2,27,28,29,30,31). The fraction of sp³-hybridized carbons (Fsp3) is 0.120. The predicted molar refractivity (Wildman–Crippen MR) is 125 cm³/mol. The monoisotopic (exact) mass is 422 g/mol. The van der Waals surface area contributed by atoms with E-state index in [2.05, 4.69) is 42.4 Å². The van der Waals surface area contributed by atoms with Crippen molar-refractivity contribution in [2.24, 2.45) is 0 Å². The number of ether oxygens (including phenoxy) is 1. The van der Waals surface area contributed by atoms with E-state index in [1.165, 1.54) is 5.56 Å². The second-order valence-electron chi connectivity index (χ2n) is 7.72. The molecule has 5 rings (SSSR count). The molecule has 0 saturated heterocycles. The molecule has 32 heavy (non-hydrogen) atoms. The molecule has 0 aliphatic rings. The molecule has 0 fully saturated rings. The Kier molecular flexibility index (Phi) is 4.99. The van der Waals surface area contributed by atoms with Gasteiger partial charge in [0.2, 0.25) is 5.95 Å². The second kappa shape index (κ2) is 8.11. The highest BCUT2D eigenvalue weighted by Crippen LogP contribution is 2.35. The van der Waals surface area contributed by atoms with Gasteiger partial charge in [-0.1, -0.05) is 17.7 Å². The Bertz CT molecular complexity index is 1370. The number of benzene rings is 2. The zero-order chi connectivity index (χ0) is 22.1. The number of imidazole rings is 1. The zero-order valence-electron chi connectivity index (χ0n) is 18.0. The van der Waals surface area contributed by atoms with Crippen LogP contribution in [0.2, 0.25) is 0 Å². The topological polar surface area (TPSA) is 88.6 Å². The largest absolute Gasteiger partial charge is 0.436 e. The lowest BCUT2D eigenvalue weighted by atomic mass is 10.0. The van der Waals surface area contributed by atoms with Crippen molar-refractivity contribution in [1.29, 1.82) is 0 Å². The minimum atomic E-state index is 0.421. The smallest absolute Gasteiger partial charge is 0.250 e. The predicted octanol–water partition coefficient (Wildman–Crippen LogP) is 5.88. The van der Waals surface area contributed by atoms with Crippen LogP contribution in [0.5, 0.6) is 11.6 Å². The first-order chi connectivity index (χ1) is 15.6. The van der Waals surface area contributed by atoms with Gasteiger partial charge in [-0.3, -0.25) is 4.98 Å². The van der Waals surface area contributed by atoms with Crippen LogP contribution in [0.4, 0.5) is 11.6 Å². The highest BCUT2D eigenvalue weighted by molar-refractivity contribution is 5.78. The third kappa shape index (κ3) is 3.88. The maximum absolute atomic E-state index is 6.33. The quantitative estimate of drug-likeness (QED) is 0.368. The first kappa shape index (κ1) is 19.7. The van der Waals surface area contributed by atoms with Gasteiger partial charge in [0.25, 0.3) is 5.88 Å². The molecule has 0 bridgehead atoms. The van der Waals surface area contributed by atoms with Gasteiger partial charge in [0.1, 0.15) is 11.3 Å². The summed E-state index contributed by atoms with van der Waals surface area (Å²) < 4.78 is 6.33. The molecular formula is C25H22N6O. The first-order valence-corrected chi connectivity index (χ1v) is 10.3. The number of anilines is 2. The van der Waals surface area contributed by atoms with Crippen LogP contribution in [-0.4, -0.2) is 24.9 Å². The molecule has 2 aromatic carbocycles. The van der Waals surface area contributed by atoms with E-state index in [0.29, 0.717) is 23.0 Å². The van der Waals surface area contributed by atoms with E-state index < -0.39 is 0 Å². The van der Waals surface area contributed by atoms with Crippen molar-refractivity contribution in [3.05, 3.63) is 83.9 Å². The second-order valence-corrected chi connectivity index (χ2v) is 7.72. The third-order valence-electron chi connectivity index (χ3n) is 5.23. The molecule has 0 unspecified atom stereocenters. The van der Waals surface area contributed by atoms with Crippen LogP contribution in [0.3, 0.4) is 0 Å². The molecule has 0 atom stereocenters. The Morgan fingerprint density at radius 3 is 2.28 bits per heavy atom. The summed E-state index contributed by atoms with van der Waals surface area (Å²) in [4.78, 5) is 20.6. The van der Waals surface area contributed by atoms with E-state index in [0.717, 1.165) is 33.7 Å². The zero-order valence-corrected chi connectivity index (χ0v) is 18.0. The van der Waals surface area contributed by atoms with Gasteiger partial charge in [0.05, 0.1) is 6.33 Å². The first-order valence-electron chi connectivity index (χ1n) is 10.3. The average molecular weight is 422 g/mol. The van der Waals surface area contributed by atoms with Crippen LogP contribution in [0.15, 0.2) is 67.3 Å². The fourth-order valence-corrected chi connectivity index (χ4v) is 3.62. The molecule has 0 saturated carbocycles. The number of nitrogens with one attached hydrogen (secondary N) is 2. The van der Waals surface area contributed by atoms with Crippen LogP contribution >= 0.6 is 0 Å². The molecule has 0 radical (unpaired) electrons. The number of pyridine rings is 1. The number of hydrogen-bond donors (Lipinski definition) is 2. The lowest BCUT2D eigenvalue weighted by molar-refractivity contribution is 0.461. The van der Waals surface area contributed by atoms with Crippen molar-refractivity contribution < 1.29 is 4.74 Å².